The van der Waals surface area contributed by atoms with Crippen molar-refractivity contribution in [3.05, 3.63) is 58.9 Å². The molecule has 0 N–H and O–H groups in total. The number of benzene rings is 1. The quantitative estimate of drug-likeness (QED) is 0.698. The van der Waals surface area contributed by atoms with Crippen LogP contribution in [0.25, 0.3) is 0 Å². The van der Waals surface area contributed by atoms with Crippen molar-refractivity contribution in [1.82, 2.24) is 14.8 Å². The number of aryl methyl sites for hydroxylation is 1. The van der Waals surface area contributed by atoms with Crippen LogP contribution in [-0.4, -0.2) is 59.9 Å². The van der Waals surface area contributed by atoms with Crippen LogP contribution in [0.15, 0.2) is 42.6 Å². The van der Waals surface area contributed by atoms with E-state index in [1.165, 1.54) is 0 Å². The third-order valence-corrected chi connectivity index (χ3v) is 5.14. The van der Waals surface area contributed by atoms with Crippen LogP contribution in [0.3, 0.4) is 0 Å². The van der Waals surface area contributed by atoms with E-state index >= 15 is 0 Å². The molecule has 7 heteroatoms. The maximum atomic E-state index is 12.5. The summed E-state index contributed by atoms with van der Waals surface area (Å²) in [5.41, 5.74) is 1.95. The molecule has 148 valence electrons. The third-order valence-electron chi connectivity index (χ3n) is 4.92. The van der Waals surface area contributed by atoms with Crippen LogP contribution < -0.4 is 4.74 Å². The minimum atomic E-state index is 0.0504. The van der Waals surface area contributed by atoms with Gasteiger partial charge in [-0.15, -0.1) is 0 Å². The molecule has 0 saturated carbocycles. The molecule has 1 aliphatic rings. The smallest absolute Gasteiger partial charge is 0.227 e. The predicted octanol–water partition coefficient (Wildman–Crippen LogP) is 2.59. The molecule has 1 aromatic carbocycles. The molecular weight excluding hydrogens is 378 g/mol. The topological polar surface area (TPSA) is 62.7 Å². The normalized spacial score (nSPS) is 14.1. The van der Waals surface area contributed by atoms with E-state index in [1.54, 1.807) is 19.4 Å². The van der Waals surface area contributed by atoms with E-state index in [2.05, 4.69) is 4.98 Å². The highest BCUT2D eigenvalue weighted by atomic mass is 35.5. The number of rotatable bonds is 6. The Morgan fingerprint density at radius 3 is 2.14 bits per heavy atom. The number of nitrogens with zero attached hydrogens (tertiary/aromatic N) is 3. The van der Waals surface area contributed by atoms with Gasteiger partial charge in [0.25, 0.3) is 0 Å². The van der Waals surface area contributed by atoms with Gasteiger partial charge in [-0.25, -0.2) is 4.98 Å². The first-order valence-corrected chi connectivity index (χ1v) is 9.72. The fourth-order valence-electron chi connectivity index (χ4n) is 3.20. The summed E-state index contributed by atoms with van der Waals surface area (Å²) in [5, 5.41) is 0.415. The summed E-state index contributed by atoms with van der Waals surface area (Å²) in [5.74, 6) is 0.990. The van der Waals surface area contributed by atoms with Crippen LogP contribution in [0.1, 0.15) is 17.5 Å². The van der Waals surface area contributed by atoms with Crippen LogP contribution in [0.5, 0.6) is 5.75 Å². The van der Waals surface area contributed by atoms with Crippen LogP contribution >= 0.6 is 11.6 Å². The molecule has 0 aliphatic carbocycles. The van der Waals surface area contributed by atoms with Gasteiger partial charge in [-0.3, -0.25) is 9.59 Å². The number of ether oxygens (including phenoxy) is 1. The summed E-state index contributed by atoms with van der Waals surface area (Å²) in [7, 11) is 1.63. The third kappa shape index (κ3) is 5.45. The van der Waals surface area contributed by atoms with Gasteiger partial charge in [-0.1, -0.05) is 29.8 Å². The Labute approximate surface area is 170 Å². The second-order valence-corrected chi connectivity index (χ2v) is 7.16. The van der Waals surface area contributed by atoms with E-state index in [0.29, 0.717) is 50.6 Å². The fourth-order valence-corrected chi connectivity index (χ4v) is 3.32. The molecule has 1 saturated heterocycles. The standard InChI is InChI=1S/C21H24ClN3O3/c1-28-18-6-2-16(3-7-18)5-9-20(26)24-10-12-25(13-11-24)21(27)14-17-4-8-19(22)23-15-17/h2-4,6-8,15H,5,9-14H2,1H3. The maximum Gasteiger partial charge on any atom is 0.227 e. The van der Waals surface area contributed by atoms with Gasteiger partial charge in [0.15, 0.2) is 0 Å². The summed E-state index contributed by atoms with van der Waals surface area (Å²) in [6.45, 7) is 2.28. The largest absolute Gasteiger partial charge is 0.497 e. The predicted molar refractivity (Wildman–Crippen MR) is 107 cm³/mol. The highest BCUT2D eigenvalue weighted by Gasteiger charge is 2.24. The average molecular weight is 402 g/mol. The van der Waals surface area contributed by atoms with Gasteiger partial charge in [0.2, 0.25) is 11.8 Å². The number of piperazine rings is 1. The zero-order valence-electron chi connectivity index (χ0n) is 15.9. The molecule has 1 aliphatic heterocycles. The second-order valence-electron chi connectivity index (χ2n) is 6.78. The van der Waals surface area contributed by atoms with Crippen molar-refractivity contribution in [3.8, 4) is 5.75 Å². The van der Waals surface area contributed by atoms with Crippen LogP contribution in [0, 0.1) is 0 Å². The first-order chi connectivity index (χ1) is 13.5. The first kappa shape index (κ1) is 20.1. The fraction of sp³-hybridized carbons (Fsp3) is 0.381. The summed E-state index contributed by atoms with van der Waals surface area (Å²) >= 11 is 5.77. The lowest BCUT2D eigenvalue weighted by atomic mass is 10.1. The Hall–Kier alpha value is -2.60. The van der Waals surface area contributed by atoms with Gasteiger partial charge < -0.3 is 14.5 Å². The lowest BCUT2D eigenvalue weighted by molar-refractivity contribution is -0.139. The molecule has 3 rings (SSSR count). The summed E-state index contributed by atoms with van der Waals surface area (Å²) in [4.78, 5) is 32.6. The van der Waals surface area contributed by atoms with Crippen LogP contribution in [0.4, 0.5) is 0 Å². The molecule has 2 heterocycles. The van der Waals surface area contributed by atoms with E-state index in [-0.39, 0.29) is 11.8 Å². The molecule has 28 heavy (non-hydrogen) atoms. The number of carbonyl (C=O) groups excluding carboxylic acids is 2. The van der Waals surface area contributed by atoms with E-state index in [0.717, 1.165) is 16.9 Å². The molecule has 0 atom stereocenters. The molecule has 2 aromatic rings. The van der Waals surface area contributed by atoms with Crippen molar-refractivity contribution < 1.29 is 14.3 Å². The summed E-state index contributed by atoms with van der Waals surface area (Å²) in [6, 6.07) is 11.3. The lowest BCUT2D eigenvalue weighted by Crippen LogP contribution is -2.51. The van der Waals surface area contributed by atoms with E-state index in [1.807, 2.05) is 40.1 Å². The Morgan fingerprint density at radius 1 is 0.964 bits per heavy atom. The molecule has 6 nitrogen and oxygen atoms in total. The Bertz CT molecular complexity index is 801. The zero-order valence-corrected chi connectivity index (χ0v) is 16.7. The number of aromatic nitrogens is 1. The van der Waals surface area contributed by atoms with Gasteiger partial charge in [-0.05, 0) is 35.7 Å². The number of amides is 2. The molecular formula is C21H24ClN3O3. The number of methoxy groups -OCH3 is 1. The average Bonchev–Trinajstić information content (AvgIpc) is 2.74. The number of pyridine rings is 1. The molecule has 1 fully saturated rings. The lowest BCUT2D eigenvalue weighted by Gasteiger charge is -2.35. The van der Waals surface area contributed by atoms with Crippen molar-refractivity contribution in [2.45, 2.75) is 19.3 Å². The van der Waals surface area contributed by atoms with Crippen molar-refractivity contribution in [1.29, 1.82) is 0 Å². The Balaban J connectivity index is 1.42. The molecule has 0 radical (unpaired) electrons. The Kier molecular flexibility index (Phi) is 6.87. The summed E-state index contributed by atoms with van der Waals surface area (Å²) in [6.07, 6.45) is 3.09. The highest BCUT2D eigenvalue weighted by molar-refractivity contribution is 6.29. The molecule has 2 amide bonds. The van der Waals surface area contributed by atoms with E-state index in [9.17, 15) is 9.59 Å². The van der Waals surface area contributed by atoms with Crippen LogP contribution in [0.2, 0.25) is 5.15 Å². The van der Waals surface area contributed by atoms with E-state index in [4.69, 9.17) is 16.3 Å². The summed E-state index contributed by atoms with van der Waals surface area (Å²) < 4.78 is 5.15. The van der Waals surface area contributed by atoms with Crippen molar-refractivity contribution in [3.63, 3.8) is 0 Å². The first-order valence-electron chi connectivity index (χ1n) is 9.34. The zero-order chi connectivity index (χ0) is 19.9. The van der Waals surface area contributed by atoms with Gasteiger partial charge in [0, 0.05) is 38.8 Å². The van der Waals surface area contributed by atoms with Crippen molar-refractivity contribution in [2.24, 2.45) is 0 Å². The monoisotopic (exact) mass is 401 g/mol. The van der Waals surface area contributed by atoms with E-state index < -0.39 is 0 Å². The molecule has 0 unspecified atom stereocenters. The second kappa shape index (κ2) is 9.55. The number of halogens is 1. The van der Waals surface area contributed by atoms with Gasteiger partial charge in [0.1, 0.15) is 10.9 Å². The van der Waals surface area contributed by atoms with Gasteiger partial charge >= 0.3 is 0 Å². The molecule has 0 spiro atoms. The number of carbonyl (C=O) groups is 2. The maximum absolute atomic E-state index is 12.5. The van der Waals surface area contributed by atoms with Crippen LogP contribution in [-0.2, 0) is 22.4 Å². The van der Waals surface area contributed by atoms with Crippen molar-refractivity contribution >= 4 is 23.4 Å². The molecule has 0 bridgehead atoms. The molecule has 1 aromatic heterocycles. The number of hydrogen-bond donors (Lipinski definition) is 0. The highest BCUT2D eigenvalue weighted by Crippen LogP contribution is 2.14. The minimum absolute atomic E-state index is 0.0504. The number of hydrogen-bond acceptors (Lipinski definition) is 4. The van der Waals surface area contributed by atoms with Gasteiger partial charge in [-0.2, -0.15) is 0 Å². The minimum Gasteiger partial charge on any atom is -0.497 e. The van der Waals surface area contributed by atoms with Gasteiger partial charge in [0.05, 0.1) is 13.5 Å². The SMILES string of the molecule is COc1ccc(CCC(=O)N2CCN(C(=O)Cc3ccc(Cl)nc3)CC2)cc1. The van der Waals surface area contributed by atoms with Crippen molar-refractivity contribution in [2.75, 3.05) is 33.3 Å². The Morgan fingerprint density at radius 2 is 1.57 bits per heavy atom.